The molecule has 2 atom stereocenters. The fourth-order valence-corrected chi connectivity index (χ4v) is 3.43. The van der Waals surface area contributed by atoms with E-state index in [0.29, 0.717) is 17.9 Å². The molecule has 0 unspecified atom stereocenters. The van der Waals surface area contributed by atoms with Gasteiger partial charge in [0.05, 0.1) is 0 Å². The average molecular weight is 238 g/mol. The summed E-state index contributed by atoms with van der Waals surface area (Å²) in [5.41, 5.74) is 0. The van der Waals surface area contributed by atoms with Crippen LogP contribution in [0.15, 0.2) is 0 Å². The summed E-state index contributed by atoms with van der Waals surface area (Å²) in [6, 6.07) is 0.563. The van der Waals surface area contributed by atoms with Gasteiger partial charge in [0.25, 0.3) is 0 Å². The van der Waals surface area contributed by atoms with Crippen LogP contribution in [-0.4, -0.2) is 49.7 Å². The van der Waals surface area contributed by atoms with Crippen molar-refractivity contribution in [3.05, 3.63) is 0 Å². The van der Waals surface area contributed by atoms with Gasteiger partial charge in [-0.3, -0.25) is 4.79 Å². The Balaban J connectivity index is 1.59. The Labute approximate surface area is 103 Å². The maximum Gasteiger partial charge on any atom is 0.225 e. The first kappa shape index (κ1) is 11.5. The first-order valence-corrected chi connectivity index (χ1v) is 6.94. The van der Waals surface area contributed by atoms with Crippen LogP contribution in [0.2, 0.25) is 0 Å². The van der Waals surface area contributed by atoms with E-state index in [1.807, 2.05) is 0 Å². The predicted molar refractivity (Wildman–Crippen MR) is 64.6 cm³/mol. The number of piperidine rings is 1. The van der Waals surface area contributed by atoms with Crippen LogP contribution in [0.4, 0.5) is 0 Å². The van der Waals surface area contributed by atoms with Crippen molar-refractivity contribution in [2.24, 2.45) is 11.8 Å². The molecule has 17 heavy (non-hydrogen) atoms. The van der Waals surface area contributed by atoms with Gasteiger partial charge >= 0.3 is 0 Å². The average Bonchev–Trinajstić information content (AvgIpc) is 2.82. The van der Waals surface area contributed by atoms with Gasteiger partial charge in [-0.2, -0.15) is 0 Å². The summed E-state index contributed by atoms with van der Waals surface area (Å²) in [6.07, 6.45) is 4.38. The third-order valence-corrected chi connectivity index (χ3v) is 4.48. The predicted octanol–water partition coefficient (Wildman–Crippen LogP) is 0.623. The molecule has 4 nitrogen and oxygen atoms in total. The second kappa shape index (κ2) is 4.94. The number of carbonyl (C=O) groups excluding carboxylic acids is 1. The van der Waals surface area contributed by atoms with Crippen molar-refractivity contribution in [2.45, 2.75) is 31.7 Å². The minimum Gasteiger partial charge on any atom is -0.381 e. The topological polar surface area (TPSA) is 41.6 Å². The van der Waals surface area contributed by atoms with Gasteiger partial charge in [0.1, 0.15) is 0 Å². The van der Waals surface area contributed by atoms with E-state index in [9.17, 15) is 4.79 Å². The highest BCUT2D eigenvalue weighted by molar-refractivity contribution is 5.79. The van der Waals surface area contributed by atoms with E-state index >= 15 is 0 Å². The minimum absolute atomic E-state index is 0.226. The second-order valence-electron chi connectivity index (χ2n) is 5.59. The van der Waals surface area contributed by atoms with Crippen molar-refractivity contribution in [3.8, 4) is 0 Å². The zero-order valence-corrected chi connectivity index (χ0v) is 10.4. The highest BCUT2D eigenvalue weighted by Crippen LogP contribution is 2.27. The molecule has 0 saturated carbocycles. The second-order valence-corrected chi connectivity index (χ2v) is 5.59. The molecule has 0 radical (unpaired) electrons. The summed E-state index contributed by atoms with van der Waals surface area (Å²) in [6.45, 7) is 4.56. The van der Waals surface area contributed by atoms with Crippen LogP contribution in [-0.2, 0) is 9.53 Å². The highest BCUT2D eigenvalue weighted by Gasteiger charge is 2.38. The SMILES string of the molecule is O=C(C1CCOCC1)N1C[C@@H]2CCCN[C@@H]2C1. The molecule has 3 fully saturated rings. The number of fused-ring (bicyclic) bond motifs is 1. The van der Waals surface area contributed by atoms with Gasteiger partial charge in [0.15, 0.2) is 0 Å². The van der Waals surface area contributed by atoms with Crippen LogP contribution in [0.25, 0.3) is 0 Å². The summed E-state index contributed by atoms with van der Waals surface area (Å²) in [5, 5.41) is 3.55. The quantitative estimate of drug-likeness (QED) is 0.728. The summed E-state index contributed by atoms with van der Waals surface area (Å²) < 4.78 is 5.32. The van der Waals surface area contributed by atoms with Gasteiger partial charge < -0.3 is 15.0 Å². The number of likely N-dealkylation sites (tertiary alicyclic amines) is 1. The van der Waals surface area contributed by atoms with Gasteiger partial charge in [-0.05, 0) is 38.1 Å². The standard InChI is InChI=1S/C13H22N2O2/c16-13(10-3-6-17-7-4-10)15-8-11-2-1-5-14-12(11)9-15/h10-12,14H,1-9H2/t11-,12+/m0/s1. The molecule has 0 bridgehead atoms. The molecule has 96 valence electrons. The number of hydrogen-bond donors (Lipinski definition) is 1. The Hall–Kier alpha value is -0.610. The number of nitrogens with zero attached hydrogens (tertiary/aromatic N) is 1. The molecule has 3 saturated heterocycles. The number of hydrogen-bond acceptors (Lipinski definition) is 3. The van der Waals surface area contributed by atoms with Crippen molar-refractivity contribution in [2.75, 3.05) is 32.8 Å². The molecule has 4 heteroatoms. The van der Waals surface area contributed by atoms with Crippen molar-refractivity contribution < 1.29 is 9.53 Å². The van der Waals surface area contributed by atoms with Gasteiger partial charge in [-0.1, -0.05) is 0 Å². The number of carbonyl (C=O) groups is 1. The van der Waals surface area contributed by atoms with Crippen molar-refractivity contribution in [1.82, 2.24) is 10.2 Å². The van der Waals surface area contributed by atoms with Crippen LogP contribution in [0.5, 0.6) is 0 Å². The number of rotatable bonds is 1. The van der Waals surface area contributed by atoms with E-state index in [-0.39, 0.29) is 5.92 Å². The molecule has 3 aliphatic rings. The zero-order chi connectivity index (χ0) is 11.7. The Morgan fingerprint density at radius 2 is 2.00 bits per heavy atom. The lowest BCUT2D eigenvalue weighted by molar-refractivity contribution is -0.137. The molecule has 0 aromatic rings. The van der Waals surface area contributed by atoms with E-state index < -0.39 is 0 Å². The van der Waals surface area contributed by atoms with Crippen LogP contribution in [0.1, 0.15) is 25.7 Å². The Kier molecular flexibility index (Phi) is 3.34. The lowest BCUT2D eigenvalue weighted by atomic mass is 9.94. The molecule has 3 heterocycles. The van der Waals surface area contributed by atoms with E-state index in [1.165, 1.54) is 12.8 Å². The number of amides is 1. The molecule has 0 aromatic heterocycles. The first-order valence-electron chi connectivity index (χ1n) is 6.94. The molecule has 1 amide bonds. The van der Waals surface area contributed by atoms with E-state index in [1.54, 1.807) is 0 Å². The number of nitrogens with one attached hydrogen (secondary N) is 1. The van der Waals surface area contributed by atoms with Crippen LogP contribution in [0, 0.1) is 11.8 Å². The van der Waals surface area contributed by atoms with E-state index in [0.717, 1.165) is 45.7 Å². The van der Waals surface area contributed by atoms with Crippen molar-refractivity contribution >= 4 is 5.91 Å². The summed E-state index contributed by atoms with van der Waals surface area (Å²) in [4.78, 5) is 14.5. The lowest BCUT2D eigenvalue weighted by Crippen LogP contribution is -2.41. The fraction of sp³-hybridized carbons (Fsp3) is 0.923. The minimum atomic E-state index is 0.226. The van der Waals surface area contributed by atoms with Crippen molar-refractivity contribution in [1.29, 1.82) is 0 Å². The fourth-order valence-electron chi connectivity index (χ4n) is 3.43. The monoisotopic (exact) mass is 238 g/mol. The van der Waals surface area contributed by atoms with Gasteiger partial charge in [-0.25, -0.2) is 0 Å². The van der Waals surface area contributed by atoms with Crippen LogP contribution in [0.3, 0.4) is 0 Å². The van der Waals surface area contributed by atoms with Gasteiger partial charge in [0.2, 0.25) is 5.91 Å². The first-order chi connectivity index (χ1) is 8.34. The third-order valence-electron chi connectivity index (χ3n) is 4.48. The summed E-state index contributed by atoms with van der Waals surface area (Å²) in [7, 11) is 0. The molecule has 0 aromatic carbocycles. The van der Waals surface area contributed by atoms with Gasteiger partial charge in [-0.15, -0.1) is 0 Å². The maximum atomic E-state index is 12.4. The molecule has 1 N–H and O–H groups in total. The highest BCUT2D eigenvalue weighted by atomic mass is 16.5. The van der Waals surface area contributed by atoms with E-state index in [4.69, 9.17) is 4.74 Å². The molecule has 3 rings (SSSR count). The molecule has 0 aliphatic carbocycles. The molecule has 0 spiro atoms. The third kappa shape index (κ3) is 2.33. The largest absolute Gasteiger partial charge is 0.381 e. The summed E-state index contributed by atoms with van der Waals surface area (Å²) in [5.74, 6) is 1.31. The maximum absolute atomic E-state index is 12.4. The molecular formula is C13H22N2O2. The van der Waals surface area contributed by atoms with Crippen LogP contribution >= 0.6 is 0 Å². The van der Waals surface area contributed by atoms with E-state index in [2.05, 4.69) is 10.2 Å². The molecule has 3 aliphatic heterocycles. The Bertz CT molecular complexity index is 275. The smallest absolute Gasteiger partial charge is 0.225 e. The molecular weight excluding hydrogens is 216 g/mol. The lowest BCUT2D eigenvalue weighted by Gasteiger charge is -2.26. The Morgan fingerprint density at radius 3 is 2.76 bits per heavy atom. The van der Waals surface area contributed by atoms with Crippen molar-refractivity contribution in [3.63, 3.8) is 0 Å². The normalized spacial score (nSPS) is 34.7. The number of ether oxygens (including phenoxy) is 1. The van der Waals surface area contributed by atoms with Crippen LogP contribution < -0.4 is 5.32 Å². The Morgan fingerprint density at radius 1 is 1.18 bits per heavy atom. The van der Waals surface area contributed by atoms with Gasteiger partial charge in [0, 0.05) is 38.3 Å². The zero-order valence-electron chi connectivity index (χ0n) is 10.4. The summed E-state index contributed by atoms with van der Waals surface area (Å²) >= 11 is 0.